The van der Waals surface area contributed by atoms with Crippen LogP contribution >= 0.6 is 0 Å². The second-order valence-electron chi connectivity index (χ2n) is 7.78. The van der Waals surface area contributed by atoms with E-state index in [9.17, 15) is 0 Å². The van der Waals surface area contributed by atoms with Crippen LogP contribution in [0.15, 0.2) is 53.5 Å². The van der Waals surface area contributed by atoms with Crippen molar-refractivity contribution in [3.8, 4) is 5.75 Å². The summed E-state index contributed by atoms with van der Waals surface area (Å²) in [4.78, 5) is 4.79. The number of ether oxygens (including phenoxy) is 2. The van der Waals surface area contributed by atoms with E-state index in [1.54, 1.807) is 0 Å². The van der Waals surface area contributed by atoms with Crippen molar-refractivity contribution in [2.45, 2.75) is 37.6 Å². The van der Waals surface area contributed by atoms with Gasteiger partial charge in [-0.2, -0.15) is 0 Å². The molecule has 0 radical (unpaired) electrons. The lowest BCUT2D eigenvalue weighted by molar-refractivity contribution is 0.0529. The fourth-order valence-corrected chi connectivity index (χ4v) is 4.40. The highest BCUT2D eigenvalue weighted by Gasteiger charge is 2.35. The second-order valence-corrected chi connectivity index (χ2v) is 7.78. The monoisotopic (exact) mass is 379 g/mol. The first kappa shape index (κ1) is 18.8. The lowest BCUT2D eigenvalue weighted by Crippen LogP contribution is -2.41. The number of nitrogens with one attached hydrogen (secondary N) is 1. The van der Waals surface area contributed by atoms with E-state index in [4.69, 9.17) is 20.2 Å². The number of hydrogen-bond donors (Lipinski definition) is 2. The van der Waals surface area contributed by atoms with Crippen LogP contribution in [0.1, 0.15) is 42.0 Å². The summed E-state index contributed by atoms with van der Waals surface area (Å²) in [6.45, 7) is 5.07. The normalized spacial score (nSPS) is 21.5. The maximum absolute atomic E-state index is 6.32. The molecular weight excluding hydrogens is 350 g/mol. The van der Waals surface area contributed by atoms with Crippen LogP contribution in [-0.4, -0.2) is 32.3 Å². The van der Waals surface area contributed by atoms with Gasteiger partial charge in [-0.1, -0.05) is 42.5 Å². The van der Waals surface area contributed by atoms with Crippen LogP contribution < -0.4 is 15.8 Å². The lowest BCUT2D eigenvalue weighted by atomic mass is 9.72. The molecule has 1 saturated heterocycles. The van der Waals surface area contributed by atoms with Crippen LogP contribution in [0.4, 0.5) is 0 Å². The second kappa shape index (κ2) is 8.23. The number of hydrogen-bond acceptors (Lipinski definition) is 3. The van der Waals surface area contributed by atoms with Gasteiger partial charge in [-0.15, -0.1) is 0 Å². The van der Waals surface area contributed by atoms with Crippen LogP contribution in [0.25, 0.3) is 0 Å². The average molecular weight is 380 g/mol. The molecule has 0 aromatic heterocycles. The molecule has 0 saturated carbocycles. The maximum atomic E-state index is 6.32. The molecule has 4 rings (SSSR count). The summed E-state index contributed by atoms with van der Waals surface area (Å²) < 4.78 is 11.4. The molecule has 0 spiro atoms. The van der Waals surface area contributed by atoms with Gasteiger partial charge in [-0.05, 0) is 37.0 Å². The minimum Gasteiger partial charge on any atom is -0.493 e. The van der Waals surface area contributed by atoms with Crippen LogP contribution in [0.5, 0.6) is 5.75 Å². The standard InChI is InChI=1S/C23H29N3O2/c1-17-6-2-4-8-19(17)23(11-14-27-15-12-23)16-25-22(24)26-20-10-13-28-21-9-5-3-7-18(20)21/h2-9,20H,10-16H2,1H3,(H3,24,25,26). The Bertz CT molecular complexity index is 843. The number of guanidine groups is 1. The van der Waals surface area contributed by atoms with Crippen LogP contribution in [0.3, 0.4) is 0 Å². The molecule has 1 fully saturated rings. The molecule has 148 valence electrons. The summed E-state index contributed by atoms with van der Waals surface area (Å²) in [7, 11) is 0. The minimum absolute atomic E-state index is 0.0104. The Morgan fingerprint density at radius 1 is 1.11 bits per heavy atom. The average Bonchev–Trinajstić information content (AvgIpc) is 2.74. The quantitative estimate of drug-likeness (QED) is 0.630. The third kappa shape index (κ3) is 3.85. The van der Waals surface area contributed by atoms with Gasteiger partial charge in [-0.25, -0.2) is 0 Å². The van der Waals surface area contributed by atoms with Crippen molar-refractivity contribution in [3.05, 3.63) is 65.2 Å². The molecule has 2 heterocycles. The highest BCUT2D eigenvalue weighted by Crippen LogP contribution is 2.37. The Morgan fingerprint density at radius 3 is 2.68 bits per heavy atom. The molecule has 0 bridgehead atoms. The number of benzene rings is 2. The number of aliphatic imine (C=N–C) groups is 1. The third-order valence-corrected chi connectivity index (χ3v) is 6.00. The number of nitrogens with zero attached hydrogens (tertiary/aromatic N) is 1. The molecule has 28 heavy (non-hydrogen) atoms. The van der Waals surface area contributed by atoms with E-state index in [0.717, 1.165) is 43.8 Å². The Balaban J connectivity index is 1.52. The van der Waals surface area contributed by atoms with Gasteiger partial charge < -0.3 is 20.5 Å². The fraction of sp³-hybridized carbons (Fsp3) is 0.435. The summed E-state index contributed by atoms with van der Waals surface area (Å²) in [5, 5.41) is 3.41. The summed E-state index contributed by atoms with van der Waals surface area (Å²) in [5.41, 5.74) is 10.1. The van der Waals surface area contributed by atoms with E-state index in [2.05, 4.69) is 42.6 Å². The zero-order chi connectivity index (χ0) is 19.4. The molecule has 2 aromatic carbocycles. The Labute approximate surface area is 167 Å². The fourth-order valence-electron chi connectivity index (χ4n) is 4.40. The van der Waals surface area contributed by atoms with Crippen LogP contribution in [0, 0.1) is 6.92 Å². The molecule has 5 heteroatoms. The Morgan fingerprint density at radius 2 is 1.86 bits per heavy atom. The van der Waals surface area contributed by atoms with E-state index in [1.807, 2.05) is 18.2 Å². The van der Waals surface area contributed by atoms with Crippen molar-refractivity contribution in [1.29, 1.82) is 0 Å². The number of fused-ring (bicyclic) bond motifs is 1. The van der Waals surface area contributed by atoms with E-state index < -0.39 is 0 Å². The first-order valence-corrected chi connectivity index (χ1v) is 10.1. The van der Waals surface area contributed by atoms with E-state index in [-0.39, 0.29) is 11.5 Å². The van der Waals surface area contributed by atoms with Gasteiger partial charge in [0.1, 0.15) is 5.75 Å². The summed E-state index contributed by atoms with van der Waals surface area (Å²) in [5.74, 6) is 1.43. The van der Waals surface area contributed by atoms with Gasteiger partial charge in [0.25, 0.3) is 0 Å². The molecule has 0 amide bonds. The van der Waals surface area contributed by atoms with Crippen molar-refractivity contribution in [2.75, 3.05) is 26.4 Å². The molecule has 2 aliphatic heterocycles. The summed E-state index contributed by atoms with van der Waals surface area (Å²) in [6.07, 6.45) is 2.81. The molecule has 0 aliphatic carbocycles. The van der Waals surface area contributed by atoms with Crippen LogP contribution in [0.2, 0.25) is 0 Å². The van der Waals surface area contributed by atoms with Crippen LogP contribution in [-0.2, 0) is 10.2 Å². The van der Waals surface area contributed by atoms with E-state index in [1.165, 1.54) is 11.1 Å². The van der Waals surface area contributed by atoms with Gasteiger partial charge in [-0.3, -0.25) is 4.99 Å². The van der Waals surface area contributed by atoms with Gasteiger partial charge in [0.15, 0.2) is 5.96 Å². The number of para-hydroxylation sites is 1. The zero-order valence-electron chi connectivity index (χ0n) is 16.5. The first-order valence-electron chi connectivity index (χ1n) is 10.1. The molecule has 1 unspecified atom stereocenters. The summed E-state index contributed by atoms with van der Waals surface area (Å²) >= 11 is 0. The molecular formula is C23H29N3O2. The molecule has 5 nitrogen and oxygen atoms in total. The number of aryl methyl sites for hydroxylation is 1. The van der Waals surface area contributed by atoms with Crippen molar-refractivity contribution in [1.82, 2.24) is 5.32 Å². The minimum atomic E-state index is -0.0104. The largest absolute Gasteiger partial charge is 0.493 e. The predicted octanol–water partition coefficient (Wildman–Crippen LogP) is 3.47. The topological polar surface area (TPSA) is 68.9 Å². The van der Waals surface area contributed by atoms with Crippen molar-refractivity contribution in [3.63, 3.8) is 0 Å². The van der Waals surface area contributed by atoms with Crippen molar-refractivity contribution in [2.24, 2.45) is 10.7 Å². The van der Waals surface area contributed by atoms with Gasteiger partial charge in [0.2, 0.25) is 0 Å². The van der Waals surface area contributed by atoms with E-state index >= 15 is 0 Å². The molecule has 1 atom stereocenters. The lowest BCUT2D eigenvalue weighted by Gasteiger charge is -2.37. The first-order chi connectivity index (χ1) is 13.7. The zero-order valence-corrected chi connectivity index (χ0v) is 16.5. The highest BCUT2D eigenvalue weighted by molar-refractivity contribution is 5.78. The highest BCUT2D eigenvalue weighted by atomic mass is 16.5. The van der Waals surface area contributed by atoms with Gasteiger partial charge in [0, 0.05) is 30.6 Å². The molecule has 2 aliphatic rings. The number of rotatable bonds is 4. The Kier molecular flexibility index (Phi) is 5.53. The number of nitrogens with two attached hydrogens (primary N) is 1. The summed E-state index contributed by atoms with van der Waals surface area (Å²) in [6, 6.07) is 16.9. The van der Waals surface area contributed by atoms with Gasteiger partial charge >= 0.3 is 0 Å². The molecule has 2 aromatic rings. The Hall–Kier alpha value is -2.53. The third-order valence-electron chi connectivity index (χ3n) is 6.00. The smallest absolute Gasteiger partial charge is 0.189 e. The van der Waals surface area contributed by atoms with Crippen molar-refractivity contribution < 1.29 is 9.47 Å². The van der Waals surface area contributed by atoms with Crippen molar-refractivity contribution >= 4 is 5.96 Å². The van der Waals surface area contributed by atoms with Gasteiger partial charge in [0.05, 0.1) is 19.2 Å². The van der Waals surface area contributed by atoms with E-state index in [0.29, 0.717) is 19.1 Å². The predicted molar refractivity (Wildman–Crippen MR) is 112 cm³/mol. The maximum Gasteiger partial charge on any atom is 0.189 e. The molecule has 3 N–H and O–H groups in total. The SMILES string of the molecule is Cc1ccccc1C1(CN=C(N)NC2CCOc3ccccc32)CCOCC1.